The molecule has 0 fully saturated rings. The number of hydrogen-bond donors (Lipinski definition) is 2. The summed E-state index contributed by atoms with van der Waals surface area (Å²) >= 11 is 0. The van der Waals surface area contributed by atoms with Crippen molar-refractivity contribution in [2.24, 2.45) is 5.73 Å². The van der Waals surface area contributed by atoms with Crippen LogP contribution in [0.4, 0.5) is 0 Å². The molecule has 0 aliphatic heterocycles. The van der Waals surface area contributed by atoms with Gasteiger partial charge in [0.25, 0.3) is 0 Å². The van der Waals surface area contributed by atoms with E-state index in [2.05, 4.69) is 0 Å². The molecule has 3 N–H and O–H groups in total. The van der Waals surface area contributed by atoms with Gasteiger partial charge in [-0.2, -0.15) is 0 Å². The highest BCUT2D eigenvalue weighted by Gasteiger charge is 2.20. The summed E-state index contributed by atoms with van der Waals surface area (Å²) < 4.78 is 0. The van der Waals surface area contributed by atoms with Crippen molar-refractivity contribution in [3.8, 4) is 0 Å². The first-order valence-corrected chi connectivity index (χ1v) is 7.17. The van der Waals surface area contributed by atoms with Gasteiger partial charge in [0, 0.05) is 6.04 Å². The largest absolute Gasteiger partial charge is 0.481 e. The average Bonchev–Trinajstić information content (AvgIpc) is 2.45. The van der Waals surface area contributed by atoms with E-state index >= 15 is 0 Å². The van der Waals surface area contributed by atoms with Crippen molar-refractivity contribution in [2.45, 2.75) is 31.7 Å². The van der Waals surface area contributed by atoms with Crippen LogP contribution in [0.15, 0.2) is 54.6 Å². The lowest BCUT2D eigenvalue weighted by atomic mass is 9.90. The maximum atomic E-state index is 11.6. The van der Waals surface area contributed by atoms with E-state index in [1.807, 2.05) is 61.5 Å². The molecular formula is C18H21NO2. The highest BCUT2D eigenvalue weighted by molar-refractivity contribution is 5.76. The van der Waals surface area contributed by atoms with E-state index < -0.39 is 11.9 Å². The predicted molar refractivity (Wildman–Crippen MR) is 84.3 cm³/mol. The zero-order valence-corrected chi connectivity index (χ0v) is 12.2. The molecule has 0 aliphatic carbocycles. The summed E-state index contributed by atoms with van der Waals surface area (Å²) in [6.45, 7) is 1.95. The van der Waals surface area contributed by atoms with Crippen molar-refractivity contribution in [2.75, 3.05) is 0 Å². The van der Waals surface area contributed by atoms with Crippen LogP contribution in [0.1, 0.15) is 29.5 Å². The van der Waals surface area contributed by atoms with Crippen molar-refractivity contribution in [1.82, 2.24) is 0 Å². The van der Waals surface area contributed by atoms with Gasteiger partial charge >= 0.3 is 5.97 Å². The van der Waals surface area contributed by atoms with E-state index in [-0.39, 0.29) is 6.04 Å². The number of carboxylic acids is 1. The van der Waals surface area contributed by atoms with Crippen molar-refractivity contribution < 1.29 is 9.90 Å². The first-order valence-electron chi connectivity index (χ1n) is 7.17. The lowest BCUT2D eigenvalue weighted by Crippen LogP contribution is -2.18. The molecule has 2 rings (SSSR count). The van der Waals surface area contributed by atoms with E-state index in [4.69, 9.17) is 5.73 Å². The van der Waals surface area contributed by atoms with Gasteiger partial charge in [0.15, 0.2) is 0 Å². The molecule has 0 heterocycles. The number of benzene rings is 2. The standard InChI is InChI=1S/C18H21NO2/c1-13(19)10-15-8-5-9-16(11-15)17(18(20)21)12-14-6-3-2-4-7-14/h2-9,11,13,17H,10,12,19H2,1H3,(H,20,21)/t13-,17?/m1/s1. The molecule has 0 spiro atoms. The Bertz CT molecular complexity index is 593. The van der Waals surface area contributed by atoms with Gasteiger partial charge in [-0.1, -0.05) is 54.6 Å². The van der Waals surface area contributed by atoms with Crippen molar-refractivity contribution in [3.05, 3.63) is 71.3 Å². The lowest BCUT2D eigenvalue weighted by Gasteiger charge is -2.15. The molecule has 0 bridgehead atoms. The molecule has 0 saturated heterocycles. The average molecular weight is 283 g/mol. The summed E-state index contributed by atoms with van der Waals surface area (Å²) in [5.41, 5.74) is 8.77. The number of carboxylic acid groups (broad SMARTS) is 1. The predicted octanol–water partition coefficient (Wildman–Crippen LogP) is 2.99. The fraction of sp³-hybridized carbons (Fsp3) is 0.278. The van der Waals surface area contributed by atoms with Gasteiger partial charge in [0.05, 0.1) is 5.92 Å². The number of hydrogen-bond acceptors (Lipinski definition) is 2. The van der Waals surface area contributed by atoms with Crippen LogP contribution >= 0.6 is 0 Å². The van der Waals surface area contributed by atoms with Crippen LogP contribution in [0.2, 0.25) is 0 Å². The third-order valence-corrected chi connectivity index (χ3v) is 3.49. The molecule has 0 saturated carbocycles. The minimum absolute atomic E-state index is 0.0673. The first kappa shape index (κ1) is 15.3. The summed E-state index contributed by atoms with van der Waals surface area (Å²) in [4.78, 5) is 11.6. The number of rotatable bonds is 6. The van der Waals surface area contributed by atoms with E-state index in [1.165, 1.54) is 0 Å². The summed E-state index contributed by atoms with van der Waals surface area (Å²) in [6.07, 6.45) is 1.25. The second-order valence-electron chi connectivity index (χ2n) is 5.51. The lowest BCUT2D eigenvalue weighted by molar-refractivity contribution is -0.138. The quantitative estimate of drug-likeness (QED) is 0.856. The van der Waals surface area contributed by atoms with Crippen LogP contribution in [-0.2, 0) is 17.6 Å². The van der Waals surface area contributed by atoms with Crippen LogP contribution in [0.25, 0.3) is 0 Å². The molecule has 21 heavy (non-hydrogen) atoms. The molecule has 1 unspecified atom stereocenters. The van der Waals surface area contributed by atoms with Gasteiger partial charge in [0.1, 0.15) is 0 Å². The van der Waals surface area contributed by atoms with Gasteiger partial charge < -0.3 is 10.8 Å². The van der Waals surface area contributed by atoms with Crippen molar-refractivity contribution in [3.63, 3.8) is 0 Å². The Balaban J connectivity index is 2.24. The number of carbonyl (C=O) groups is 1. The Hall–Kier alpha value is -2.13. The first-order chi connectivity index (χ1) is 10.1. The zero-order chi connectivity index (χ0) is 15.2. The maximum absolute atomic E-state index is 11.6. The van der Waals surface area contributed by atoms with Crippen LogP contribution in [-0.4, -0.2) is 17.1 Å². The Morgan fingerprint density at radius 3 is 2.33 bits per heavy atom. The molecule has 0 amide bonds. The minimum atomic E-state index is -0.795. The summed E-state index contributed by atoms with van der Waals surface area (Å²) in [5, 5.41) is 9.54. The second kappa shape index (κ2) is 7.04. The fourth-order valence-corrected chi connectivity index (χ4v) is 2.51. The van der Waals surface area contributed by atoms with Crippen LogP contribution in [0, 0.1) is 0 Å². The van der Waals surface area contributed by atoms with Gasteiger partial charge in [-0.3, -0.25) is 4.79 Å². The topological polar surface area (TPSA) is 63.3 Å². The molecule has 2 aromatic rings. The molecule has 0 radical (unpaired) electrons. The normalized spacial score (nSPS) is 13.6. The molecule has 3 heteroatoms. The smallest absolute Gasteiger partial charge is 0.311 e. The Labute approximate surface area is 125 Å². The SMILES string of the molecule is C[C@@H](N)Cc1cccc(C(Cc2ccccc2)C(=O)O)c1. The van der Waals surface area contributed by atoms with Crippen molar-refractivity contribution >= 4 is 5.97 Å². The fourth-order valence-electron chi connectivity index (χ4n) is 2.51. The highest BCUT2D eigenvalue weighted by Crippen LogP contribution is 2.22. The molecule has 2 atom stereocenters. The summed E-state index contributed by atoms with van der Waals surface area (Å²) in [7, 11) is 0. The van der Waals surface area contributed by atoms with Crippen LogP contribution in [0.5, 0.6) is 0 Å². The number of aliphatic carboxylic acids is 1. The highest BCUT2D eigenvalue weighted by atomic mass is 16.4. The third-order valence-electron chi connectivity index (χ3n) is 3.49. The molecule has 3 nitrogen and oxygen atoms in total. The third kappa shape index (κ3) is 4.43. The van der Waals surface area contributed by atoms with E-state index in [1.54, 1.807) is 0 Å². The van der Waals surface area contributed by atoms with Gasteiger partial charge in [-0.05, 0) is 36.5 Å². The van der Waals surface area contributed by atoms with Gasteiger partial charge in [0.2, 0.25) is 0 Å². The van der Waals surface area contributed by atoms with Crippen molar-refractivity contribution in [1.29, 1.82) is 0 Å². The minimum Gasteiger partial charge on any atom is -0.481 e. The molecule has 0 aromatic heterocycles. The molecule has 110 valence electrons. The Morgan fingerprint density at radius 2 is 1.71 bits per heavy atom. The molecule has 2 aromatic carbocycles. The zero-order valence-electron chi connectivity index (χ0n) is 12.2. The van der Waals surface area contributed by atoms with E-state index in [9.17, 15) is 9.90 Å². The van der Waals surface area contributed by atoms with Gasteiger partial charge in [-0.15, -0.1) is 0 Å². The number of nitrogens with two attached hydrogens (primary N) is 1. The van der Waals surface area contributed by atoms with Crippen LogP contribution < -0.4 is 5.73 Å². The monoisotopic (exact) mass is 283 g/mol. The molecular weight excluding hydrogens is 262 g/mol. The molecule has 0 aliphatic rings. The second-order valence-corrected chi connectivity index (χ2v) is 5.51. The Morgan fingerprint density at radius 1 is 1.05 bits per heavy atom. The summed E-state index contributed by atoms with van der Waals surface area (Å²) in [5.74, 6) is -1.32. The Kier molecular flexibility index (Phi) is 5.12. The maximum Gasteiger partial charge on any atom is 0.311 e. The van der Waals surface area contributed by atoms with E-state index in [0.717, 1.165) is 23.1 Å². The van der Waals surface area contributed by atoms with Crippen LogP contribution in [0.3, 0.4) is 0 Å². The van der Waals surface area contributed by atoms with E-state index in [0.29, 0.717) is 6.42 Å². The van der Waals surface area contributed by atoms with Gasteiger partial charge in [-0.25, -0.2) is 0 Å². The summed E-state index contributed by atoms with van der Waals surface area (Å²) in [6, 6.07) is 17.5.